The summed E-state index contributed by atoms with van der Waals surface area (Å²) in [5.41, 5.74) is 0. The molecule has 1 fully saturated rings. The van der Waals surface area contributed by atoms with E-state index in [1.165, 1.54) is 25.3 Å². The molecule has 1 saturated heterocycles. The van der Waals surface area contributed by atoms with Gasteiger partial charge in [-0.15, -0.1) is 0 Å². The number of methoxy groups -OCH3 is 1. The highest BCUT2D eigenvalue weighted by Gasteiger charge is 2.31. The minimum atomic E-state index is -0.412. The van der Waals surface area contributed by atoms with Gasteiger partial charge in [0.15, 0.2) is 0 Å². The summed E-state index contributed by atoms with van der Waals surface area (Å²) in [7, 11) is 1.33. The Bertz CT molecular complexity index is 455. The number of rotatable bonds is 3. The van der Waals surface area contributed by atoms with Crippen molar-refractivity contribution in [3.63, 3.8) is 0 Å². The van der Waals surface area contributed by atoms with Gasteiger partial charge in [-0.05, 0) is 12.1 Å². The normalized spacial score (nSPS) is 22.8. The fraction of sp³-hybridized carbons (Fsp3) is 0.417. The lowest BCUT2D eigenvalue weighted by molar-refractivity contribution is -0.142. The van der Waals surface area contributed by atoms with Crippen molar-refractivity contribution < 1.29 is 18.7 Å². The topological polar surface area (TPSA) is 47.6 Å². The van der Waals surface area contributed by atoms with Gasteiger partial charge in [0, 0.05) is 19.0 Å². The Balaban J connectivity index is 1.99. The van der Waals surface area contributed by atoms with Gasteiger partial charge in [-0.25, -0.2) is 4.39 Å². The molecule has 6 heteroatoms. The van der Waals surface area contributed by atoms with Crippen molar-refractivity contribution in [3.05, 3.63) is 29.0 Å². The maximum Gasteiger partial charge on any atom is 0.323 e. The van der Waals surface area contributed by atoms with Crippen LogP contribution < -0.4 is 10.1 Å². The van der Waals surface area contributed by atoms with Crippen molar-refractivity contribution in [1.82, 2.24) is 5.32 Å². The number of benzene rings is 1. The van der Waals surface area contributed by atoms with Gasteiger partial charge < -0.3 is 14.8 Å². The molecule has 4 nitrogen and oxygen atoms in total. The van der Waals surface area contributed by atoms with Crippen molar-refractivity contribution in [2.24, 2.45) is 0 Å². The second-order valence-corrected chi connectivity index (χ2v) is 4.44. The van der Waals surface area contributed by atoms with Crippen LogP contribution in [0.3, 0.4) is 0 Å². The quantitative estimate of drug-likeness (QED) is 0.853. The van der Waals surface area contributed by atoms with Crippen molar-refractivity contribution in [3.8, 4) is 5.75 Å². The number of hydrogen-bond acceptors (Lipinski definition) is 4. The van der Waals surface area contributed by atoms with Crippen molar-refractivity contribution >= 4 is 17.6 Å². The molecule has 0 saturated carbocycles. The van der Waals surface area contributed by atoms with Gasteiger partial charge in [0.25, 0.3) is 0 Å². The Morgan fingerprint density at radius 2 is 2.33 bits per heavy atom. The Morgan fingerprint density at radius 3 is 3.06 bits per heavy atom. The zero-order valence-electron chi connectivity index (χ0n) is 9.78. The van der Waals surface area contributed by atoms with E-state index in [9.17, 15) is 9.18 Å². The van der Waals surface area contributed by atoms with Crippen LogP contribution >= 0.6 is 11.6 Å². The van der Waals surface area contributed by atoms with Crippen LogP contribution in [0.15, 0.2) is 18.2 Å². The van der Waals surface area contributed by atoms with E-state index >= 15 is 0 Å². The average molecular weight is 274 g/mol. The summed E-state index contributed by atoms with van der Waals surface area (Å²) in [4.78, 5) is 11.3. The fourth-order valence-electron chi connectivity index (χ4n) is 1.86. The van der Waals surface area contributed by atoms with Crippen molar-refractivity contribution in [2.75, 3.05) is 13.7 Å². The number of carbonyl (C=O) groups is 1. The number of nitrogens with one attached hydrogen (secondary N) is 1. The fourth-order valence-corrected chi connectivity index (χ4v) is 2.02. The summed E-state index contributed by atoms with van der Waals surface area (Å²) in [6.07, 6.45) is 0.243. The lowest BCUT2D eigenvalue weighted by Crippen LogP contribution is -2.31. The number of halogens is 2. The first-order chi connectivity index (χ1) is 8.60. The summed E-state index contributed by atoms with van der Waals surface area (Å²) in [5, 5.41) is 3.32. The summed E-state index contributed by atoms with van der Waals surface area (Å²) in [6.45, 7) is 0.493. The average Bonchev–Trinajstić information content (AvgIpc) is 2.81. The van der Waals surface area contributed by atoms with Gasteiger partial charge in [0.1, 0.15) is 23.7 Å². The summed E-state index contributed by atoms with van der Waals surface area (Å²) in [5.74, 6) is -0.453. The van der Waals surface area contributed by atoms with Crippen LogP contribution in [0.25, 0.3) is 0 Å². The predicted molar refractivity (Wildman–Crippen MR) is 64.2 cm³/mol. The predicted octanol–water partition coefficient (Wildman–Crippen LogP) is 1.76. The molecule has 1 aromatic rings. The summed E-state index contributed by atoms with van der Waals surface area (Å²) < 4.78 is 23.3. The molecule has 0 bridgehead atoms. The molecule has 2 rings (SSSR count). The maximum atomic E-state index is 13.1. The van der Waals surface area contributed by atoms with Gasteiger partial charge in [-0.3, -0.25) is 4.79 Å². The molecule has 1 aliphatic rings. The molecule has 0 amide bonds. The van der Waals surface area contributed by atoms with Crippen LogP contribution in [0.2, 0.25) is 5.02 Å². The molecule has 1 N–H and O–H groups in total. The lowest BCUT2D eigenvalue weighted by Gasteiger charge is -2.14. The molecule has 0 radical (unpaired) electrons. The summed E-state index contributed by atoms with van der Waals surface area (Å²) >= 11 is 5.90. The molecule has 1 aliphatic heterocycles. The zero-order chi connectivity index (χ0) is 13.1. The van der Waals surface area contributed by atoms with E-state index in [1.807, 2.05) is 0 Å². The van der Waals surface area contributed by atoms with Crippen molar-refractivity contribution in [1.29, 1.82) is 0 Å². The lowest BCUT2D eigenvalue weighted by atomic mass is 10.2. The maximum absolute atomic E-state index is 13.1. The molecule has 98 valence electrons. The molecular formula is C12H13ClFNO3. The van der Waals surface area contributed by atoms with Gasteiger partial charge in [0.2, 0.25) is 0 Å². The Kier molecular flexibility index (Phi) is 4.04. The Labute approximate surface area is 109 Å². The molecule has 1 heterocycles. The van der Waals surface area contributed by atoms with E-state index < -0.39 is 5.82 Å². The first kappa shape index (κ1) is 13.1. The first-order valence-electron chi connectivity index (χ1n) is 5.53. The number of carbonyl (C=O) groups excluding carboxylic acids is 1. The van der Waals surface area contributed by atoms with Gasteiger partial charge >= 0.3 is 5.97 Å². The first-order valence-corrected chi connectivity index (χ1v) is 5.91. The van der Waals surface area contributed by atoms with Crippen LogP contribution in [0, 0.1) is 5.82 Å². The molecule has 1 aromatic carbocycles. The highest BCUT2D eigenvalue weighted by Crippen LogP contribution is 2.27. The highest BCUT2D eigenvalue weighted by molar-refractivity contribution is 6.32. The smallest absolute Gasteiger partial charge is 0.323 e. The molecule has 0 aliphatic carbocycles. The van der Waals surface area contributed by atoms with Crippen LogP contribution in [0.4, 0.5) is 4.39 Å². The minimum Gasteiger partial charge on any atom is -0.487 e. The van der Waals surface area contributed by atoms with Gasteiger partial charge in [0.05, 0.1) is 12.1 Å². The SMILES string of the molecule is COC(=O)[C@@H]1CC(Oc2cc(F)ccc2Cl)CN1. The number of esters is 1. The molecule has 0 spiro atoms. The third-order valence-corrected chi connectivity index (χ3v) is 3.08. The van der Waals surface area contributed by atoms with E-state index in [1.54, 1.807) is 0 Å². The van der Waals surface area contributed by atoms with Gasteiger partial charge in [-0.1, -0.05) is 11.6 Å². The molecule has 0 aromatic heterocycles. The highest BCUT2D eigenvalue weighted by atomic mass is 35.5. The van der Waals surface area contributed by atoms with Crippen LogP contribution in [-0.4, -0.2) is 31.8 Å². The van der Waals surface area contributed by atoms with E-state index in [0.717, 1.165) is 0 Å². The zero-order valence-corrected chi connectivity index (χ0v) is 10.5. The third-order valence-electron chi connectivity index (χ3n) is 2.76. The molecule has 1 unspecified atom stereocenters. The van der Waals surface area contributed by atoms with Crippen LogP contribution in [0.1, 0.15) is 6.42 Å². The second-order valence-electron chi connectivity index (χ2n) is 4.03. The third kappa shape index (κ3) is 2.91. The van der Waals surface area contributed by atoms with Crippen LogP contribution in [-0.2, 0) is 9.53 Å². The molecule has 2 atom stereocenters. The van der Waals surface area contributed by atoms with E-state index in [2.05, 4.69) is 10.1 Å². The van der Waals surface area contributed by atoms with E-state index in [-0.39, 0.29) is 23.9 Å². The van der Waals surface area contributed by atoms with E-state index in [4.69, 9.17) is 16.3 Å². The summed E-state index contributed by atoms with van der Waals surface area (Å²) in [6, 6.07) is 3.55. The number of hydrogen-bond donors (Lipinski definition) is 1. The Hall–Kier alpha value is -1.33. The monoisotopic (exact) mass is 273 g/mol. The minimum absolute atomic E-state index is 0.228. The number of ether oxygens (including phenoxy) is 2. The van der Waals surface area contributed by atoms with Crippen molar-refractivity contribution in [2.45, 2.75) is 18.6 Å². The Morgan fingerprint density at radius 1 is 1.56 bits per heavy atom. The molecular weight excluding hydrogens is 261 g/mol. The molecule has 18 heavy (non-hydrogen) atoms. The largest absolute Gasteiger partial charge is 0.487 e. The van der Waals surface area contributed by atoms with E-state index in [0.29, 0.717) is 18.0 Å². The second kappa shape index (κ2) is 5.54. The van der Waals surface area contributed by atoms with Gasteiger partial charge in [-0.2, -0.15) is 0 Å². The van der Waals surface area contributed by atoms with Crippen LogP contribution in [0.5, 0.6) is 5.75 Å². The standard InChI is InChI=1S/C12H13ClFNO3/c1-17-12(16)10-5-8(6-15-10)18-11-4-7(14)2-3-9(11)13/h2-4,8,10,15H,5-6H2,1H3/t8?,10-/m0/s1.